The van der Waals surface area contributed by atoms with Crippen molar-refractivity contribution in [1.29, 1.82) is 0 Å². The Bertz CT molecular complexity index is 1320. The third-order valence-electron chi connectivity index (χ3n) is 6.89. The molecule has 36 heavy (non-hydrogen) atoms. The van der Waals surface area contributed by atoms with E-state index in [4.69, 9.17) is 0 Å². The lowest BCUT2D eigenvalue weighted by Crippen LogP contribution is -2.29. The van der Waals surface area contributed by atoms with Crippen molar-refractivity contribution in [2.24, 2.45) is 0 Å². The number of aryl methyl sites for hydroxylation is 1. The molecule has 1 N–H and O–H groups in total. The maximum atomic E-state index is 13.4. The zero-order valence-electron chi connectivity index (χ0n) is 21.9. The summed E-state index contributed by atoms with van der Waals surface area (Å²) in [6, 6.07) is 16.8. The van der Waals surface area contributed by atoms with Gasteiger partial charge in [-0.25, -0.2) is 0 Å². The Morgan fingerprint density at radius 1 is 1.06 bits per heavy atom. The zero-order valence-corrected chi connectivity index (χ0v) is 21.9. The summed E-state index contributed by atoms with van der Waals surface area (Å²) in [6.45, 7) is 12.7. The van der Waals surface area contributed by atoms with E-state index in [2.05, 4.69) is 39.6 Å². The Morgan fingerprint density at radius 3 is 2.33 bits per heavy atom. The number of rotatable bonds is 5. The molecule has 1 amide bonds. The van der Waals surface area contributed by atoms with Crippen molar-refractivity contribution in [2.45, 2.75) is 65.5 Å². The first-order chi connectivity index (χ1) is 17.0. The maximum absolute atomic E-state index is 13.4. The molecule has 1 saturated heterocycles. The first-order valence-corrected chi connectivity index (χ1v) is 12.4. The molecule has 0 aliphatic carbocycles. The lowest BCUT2D eigenvalue weighted by atomic mass is 9.84. The second-order valence-electron chi connectivity index (χ2n) is 10.9. The number of hydrogen-bond acceptors (Lipinski definition) is 4. The number of aliphatic hydroxyl groups excluding tert-OH is 1. The summed E-state index contributed by atoms with van der Waals surface area (Å²) in [5, 5.41) is 11.6. The maximum Gasteiger partial charge on any atom is 0.295 e. The van der Waals surface area contributed by atoms with Crippen LogP contribution in [0.1, 0.15) is 80.0 Å². The number of benzene rings is 2. The molecule has 0 saturated carbocycles. The normalized spacial score (nSPS) is 17.8. The largest absolute Gasteiger partial charge is 0.507 e. The molecule has 0 spiro atoms. The predicted octanol–water partition coefficient (Wildman–Crippen LogP) is 6.43. The van der Waals surface area contributed by atoms with E-state index in [-0.39, 0.29) is 23.3 Å². The average Bonchev–Trinajstić information content (AvgIpc) is 3.09. The van der Waals surface area contributed by atoms with Crippen LogP contribution < -0.4 is 0 Å². The third-order valence-corrected chi connectivity index (χ3v) is 6.89. The SMILES string of the molecule is Cc1ccc(C(C)(C)C)cc1/C(O)=C1\C(=O)C(=O)N(Cc2cccnc2)C1c1ccc(C(C)C)cc1. The average molecular weight is 483 g/mol. The fraction of sp³-hybridized carbons (Fsp3) is 0.323. The van der Waals surface area contributed by atoms with Crippen LogP contribution in [0.2, 0.25) is 0 Å². The van der Waals surface area contributed by atoms with Gasteiger partial charge in [-0.2, -0.15) is 0 Å². The highest BCUT2D eigenvalue weighted by atomic mass is 16.3. The number of nitrogens with zero attached hydrogens (tertiary/aromatic N) is 2. The molecule has 0 bridgehead atoms. The molecule has 0 radical (unpaired) electrons. The number of amides is 1. The highest BCUT2D eigenvalue weighted by Crippen LogP contribution is 2.41. The first-order valence-electron chi connectivity index (χ1n) is 12.4. The Morgan fingerprint density at radius 2 is 1.75 bits per heavy atom. The van der Waals surface area contributed by atoms with E-state index < -0.39 is 17.7 Å². The molecule has 1 aromatic heterocycles. The van der Waals surface area contributed by atoms with Crippen LogP contribution in [-0.2, 0) is 21.5 Å². The molecule has 4 rings (SSSR count). The molecule has 5 nitrogen and oxygen atoms in total. The summed E-state index contributed by atoms with van der Waals surface area (Å²) >= 11 is 0. The Hall–Kier alpha value is -3.73. The minimum absolute atomic E-state index is 0.121. The molecule has 1 fully saturated rings. The molecule has 186 valence electrons. The van der Waals surface area contributed by atoms with Crippen LogP contribution in [0.5, 0.6) is 0 Å². The van der Waals surface area contributed by atoms with E-state index in [1.807, 2.05) is 55.5 Å². The van der Waals surface area contributed by atoms with Crippen molar-refractivity contribution in [1.82, 2.24) is 9.88 Å². The number of carbonyl (C=O) groups is 2. The van der Waals surface area contributed by atoms with Gasteiger partial charge in [0.15, 0.2) is 0 Å². The number of aliphatic hydroxyl groups is 1. The van der Waals surface area contributed by atoms with E-state index in [0.717, 1.165) is 27.8 Å². The van der Waals surface area contributed by atoms with E-state index in [0.29, 0.717) is 11.5 Å². The van der Waals surface area contributed by atoms with Gasteiger partial charge in [-0.1, -0.05) is 77.1 Å². The molecule has 5 heteroatoms. The summed E-state index contributed by atoms with van der Waals surface area (Å²) < 4.78 is 0. The highest BCUT2D eigenvalue weighted by molar-refractivity contribution is 6.46. The quantitative estimate of drug-likeness (QED) is 0.258. The highest BCUT2D eigenvalue weighted by Gasteiger charge is 2.46. The van der Waals surface area contributed by atoms with E-state index in [1.165, 1.54) is 4.90 Å². The summed E-state index contributed by atoms with van der Waals surface area (Å²) in [4.78, 5) is 32.5. The van der Waals surface area contributed by atoms with Crippen molar-refractivity contribution >= 4 is 17.4 Å². The predicted molar refractivity (Wildman–Crippen MR) is 142 cm³/mol. The minimum atomic E-state index is -0.705. The summed E-state index contributed by atoms with van der Waals surface area (Å²) in [6.07, 6.45) is 3.36. The lowest BCUT2D eigenvalue weighted by Gasteiger charge is -2.26. The lowest BCUT2D eigenvalue weighted by molar-refractivity contribution is -0.140. The van der Waals surface area contributed by atoms with Gasteiger partial charge in [0.05, 0.1) is 11.6 Å². The van der Waals surface area contributed by atoms with Gasteiger partial charge in [-0.15, -0.1) is 0 Å². The fourth-order valence-electron chi connectivity index (χ4n) is 4.63. The van der Waals surface area contributed by atoms with E-state index >= 15 is 0 Å². The number of pyridine rings is 1. The van der Waals surface area contributed by atoms with Crippen molar-refractivity contribution in [2.75, 3.05) is 0 Å². The summed E-state index contributed by atoms with van der Waals surface area (Å²) in [7, 11) is 0. The Labute approximate surface area is 213 Å². The Kier molecular flexibility index (Phi) is 6.85. The molecule has 1 unspecified atom stereocenters. The van der Waals surface area contributed by atoms with Crippen molar-refractivity contribution in [3.05, 3.63) is 106 Å². The number of hydrogen-bond donors (Lipinski definition) is 1. The van der Waals surface area contributed by atoms with Crippen LogP contribution >= 0.6 is 0 Å². The van der Waals surface area contributed by atoms with Crippen molar-refractivity contribution in [3.8, 4) is 0 Å². The van der Waals surface area contributed by atoms with Crippen LogP contribution in [0.3, 0.4) is 0 Å². The number of carbonyl (C=O) groups excluding carboxylic acids is 2. The van der Waals surface area contributed by atoms with Crippen LogP contribution in [0.4, 0.5) is 0 Å². The number of aromatic nitrogens is 1. The van der Waals surface area contributed by atoms with Gasteiger partial charge in [0, 0.05) is 24.5 Å². The van der Waals surface area contributed by atoms with Gasteiger partial charge in [0.2, 0.25) is 0 Å². The van der Waals surface area contributed by atoms with Crippen LogP contribution in [-0.4, -0.2) is 26.7 Å². The van der Waals surface area contributed by atoms with Crippen LogP contribution in [0.15, 0.2) is 72.6 Å². The molecule has 3 aromatic rings. The smallest absolute Gasteiger partial charge is 0.295 e. The van der Waals surface area contributed by atoms with E-state index in [1.54, 1.807) is 18.5 Å². The molecular weight excluding hydrogens is 448 g/mol. The fourth-order valence-corrected chi connectivity index (χ4v) is 4.63. The van der Waals surface area contributed by atoms with Crippen LogP contribution in [0, 0.1) is 6.92 Å². The van der Waals surface area contributed by atoms with Crippen molar-refractivity contribution < 1.29 is 14.7 Å². The standard InChI is InChI=1S/C31H34N2O3/c1-19(2)22-10-12-23(13-11-22)27-26(28(34)25-16-24(31(4,5)6)14-9-20(25)3)29(35)30(36)33(27)18-21-8-7-15-32-17-21/h7-17,19,27,34H,18H2,1-6H3/b28-26+. The molecule has 1 aliphatic heterocycles. The van der Waals surface area contributed by atoms with Gasteiger partial charge in [-0.05, 0) is 58.2 Å². The summed E-state index contributed by atoms with van der Waals surface area (Å²) in [5.74, 6) is -1.08. The first kappa shape index (κ1) is 25.4. The van der Waals surface area contributed by atoms with Crippen molar-refractivity contribution in [3.63, 3.8) is 0 Å². The van der Waals surface area contributed by atoms with Gasteiger partial charge in [-0.3, -0.25) is 14.6 Å². The third kappa shape index (κ3) is 4.83. The molecule has 1 aliphatic rings. The van der Waals surface area contributed by atoms with Gasteiger partial charge in [0.25, 0.3) is 11.7 Å². The molecule has 2 heterocycles. The van der Waals surface area contributed by atoms with Gasteiger partial charge in [0.1, 0.15) is 5.76 Å². The minimum Gasteiger partial charge on any atom is -0.507 e. The molecular formula is C31H34N2O3. The van der Waals surface area contributed by atoms with Crippen LogP contribution in [0.25, 0.3) is 5.76 Å². The second-order valence-corrected chi connectivity index (χ2v) is 10.9. The summed E-state index contributed by atoms with van der Waals surface area (Å²) in [5.41, 5.74) is 5.20. The Balaban J connectivity index is 1.90. The number of likely N-dealkylation sites (tertiary alicyclic amines) is 1. The topological polar surface area (TPSA) is 70.5 Å². The van der Waals surface area contributed by atoms with Gasteiger partial charge < -0.3 is 10.0 Å². The van der Waals surface area contributed by atoms with Gasteiger partial charge >= 0.3 is 0 Å². The molecule has 1 atom stereocenters. The number of ketones is 1. The second kappa shape index (κ2) is 9.73. The number of Topliss-reactive ketones (excluding diaryl/α,β-unsaturated/α-hetero) is 1. The monoisotopic (exact) mass is 482 g/mol. The van der Waals surface area contributed by atoms with E-state index in [9.17, 15) is 14.7 Å². The molecule has 2 aromatic carbocycles. The zero-order chi connectivity index (χ0) is 26.2.